The van der Waals surface area contributed by atoms with Gasteiger partial charge in [0.05, 0.1) is 13.0 Å². The molecule has 0 saturated heterocycles. The molecule has 1 aliphatic heterocycles. The Hall–Kier alpha value is -4.07. The fourth-order valence-electron chi connectivity index (χ4n) is 4.16. The second-order valence-electron chi connectivity index (χ2n) is 8.55. The number of anilines is 1. The number of carbonyl (C=O) groups excluding carboxylic acids is 3. The van der Waals surface area contributed by atoms with Gasteiger partial charge in [0.25, 0.3) is 0 Å². The van der Waals surface area contributed by atoms with Crippen LogP contribution in [0.15, 0.2) is 72.8 Å². The van der Waals surface area contributed by atoms with Crippen molar-refractivity contribution in [3.05, 3.63) is 101 Å². The maximum absolute atomic E-state index is 13.4. The number of para-hydroxylation sites is 1. The SMILES string of the molecule is C[C@H](NC(=O)Cc1cc(F)cc(F)c1)C(=O)NC1Cc2ccccc2N(Cc2ccccc2)C1=O. The summed E-state index contributed by atoms with van der Waals surface area (Å²) in [5, 5.41) is 5.27. The van der Waals surface area contributed by atoms with E-state index in [0.717, 1.165) is 35.0 Å². The van der Waals surface area contributed by atoms with Gasteiger partial charge in [-0.15, -0.1) is 0 Å². The van der Waals surface area contributed by atoms with Crippen LogP contribution < -0.4 is 15.5 Å². The molecule has 180 valence electrons. The Balaban J connectivity index is 1.42. The first-order valence-corrected chi connectivity index (χ1v) is 11.3. The molecule has 0 aliphatic carbocycles. The lowest BCUT2D eigenvalue weighted by atomic mass is 9.96. The predicted molar refractivity (Wildman–Crippen MR) is 127 cm³/mol. The maximum atomic E-state index is 13.4. The van der Waals surface area contributed by atoms with Gasteiger partial charge in [-0.25, -0.2) is 8.78 Å². The van der Waals surface area contributed by atoms with E-state index in [1.54, 1.807) is 4.90 Å². The van der Waals surface area contributed by atoms with Gasteiger partial charge in [-0.3, -0.25) is 14.4 Å². The highest BCUT2D eigenvalue weighted by Gasteiger charge is 2.34. The van der Waals surface area contributed by atoms with Crippen LogP contribution in [0, 0.1) is 11.6 Å². The van der Waals surface area contributed by atoms with Crippen molar-refractivity contribution in [3.8, 4) is 0 Å². The number of benzene rings is 3. The molecule has 2 N–H and O–H groups in total. The number of amides is 3. The summed E-state index contributed by atoms with van der Waals surface area (Å²) >= 11 is 0. The molecular formula is C27H25F2N3O3. The molecule has 1 unspecified atom stereocenters. The van der Waals surface area contributed by atoms with Gasteiger partial charge < -0.3 is 15.5 Å². The molecule has 1 heterocycles. The van der Waals surface area contributed by atoms with Crippen molar-refractivity contribution in [1.82, 2.24) is 10.6 Å². The minimum atomic E-state index is -0.951. The molecule has 0 aromatic heterocycles. The van der Waals surface area contributed by atoms with Gasteiger partial charge in [0, 0.05) is 18.2 Å². The molecule has 3 aromatic rings. The maximum Gasteiger partial charge on any atom is 0.250 e. The van der Waals surface area contributed by atoms with E-state index in [2.05, 4.69) is 10.6 Å². The highest BCUT2D eigenvalue weighted by atomic mass is 19.1. The average molecular weight is 478 g/mol. The summed E-state index contributed by atoms with van der Waals surface area (Å²) in [6.07, 6.45) is 0.0438. The van der Waals surface area contributed by atoms with Crippen LogP contribution >= 0.6 is 0 Å². The molecule has 4 rings (SSSR count). The average Bonchev–Trinajstić information content (AvgIpc) is 2.81. The summed E-state index contributed by atoms with van der Waals surface area (Å²) in [6.45, 7) is 1.85. The van der Waals surface area contributed by atoms with Crippen LogP contribution in [-0.4, -0.2) is 29.8 Å². The Morgan fingerprint density at radius 2 is 1.63 bits per heavy atom. The Labute approximate surface area is 201 Å². The van der Waals surface area contributed by atoms with Crippen LogP contribution in [0.4, 0.5) is 14.5 Å². The third-order valence-corrected chi connectivity index (χ3v) is 5.83. The Morgan fingerprint density at radius 3 is 2.34 bits per heavy atom. The molecule has 0 saturated carbocycles. The monoisotopic (exact) mass is 477 g/mol. The first-order chi connectivity index (χ1) is 16.8. The van der Waals surface area contributed by atoms with Crippen LogP contribution in [-0.2, 0) is 33.8 Å². The van der Waals surface area contributed by atoms with E-state index in [4.69, 9.17) is 0 Å². The largest absolute Gasteiger partial charge is 0.344 e. The van der Waals surface area contributed by atoms with Gasteiger partial charge in [0.1, 0.15) is 23.7 Å². The molecule has 1 aliphatic rings. The number of rotatable bonds is 7. The van der Waals surface area contributed by atoms with Crippen LogP contribution in [0.1, 0.15) is 23.6 Å². The second-order valence-corrected chi connectivity index (χ2v) is 8.55. The number of nitrogens with one attached hydrogen (secondary N) is 2. The van der Waals surface area contributed by atoms with E-state index < -0.39 is 35.5 Å². The van der Waals surface area contributed by atoms with E-state index in [-0.39, 0.29) is 17.9 Å². The van der Waals surface area contributed by atoms with Crippen LogP contribution in [0.25, 0.3) is 0 Å². The van der Waals surface area contributed by atoms with Crippen molar-refractivity contribution >= 4 is 23.4 Å². The normalized spacial score (nSPS) is 15.8. The van der Waals surface area contributed by atoms with Crippen molar-refractivity contribution < 1.29 is 23.2 Å². The Bertz CT molecular complexity index is 1230. The van der Waals surface area contributed by atoms with Gasteiger partial charge in [0.15, 0.2) is 0 Å². The molecule has 8 heteroatoms. The zero-order valence-electron chi connectivity index (χ0n) is 19.1. The first kappa shape index (κ1) is 24.1. The molecule has 2 atom stereocenters. The lowest BCUT2D eigenvalue weighted by Gasteiger charge is -2.35. The summed E-state index contributed by atoms with van der Waals surface area (Å²) in [6, 6.07) is 18.2. The number of nitrogens with zero attached hydrogens (tertiary/aromatic N) is 1. The van der Waals surface area contributed by atoms with Crippen LogP contribution in [0.3, 0.4) is 0 Å². The minimum absolute atomic E-state index is 0.156. The highest BCUT2D eigenvalue weighted by molar-refractivity contribution is 6.02. The summed E-state index contributed by atoms with van der Waals surface area (Å²) < 4.78 is 26.7. The Morgan fingerprint density at radius 1 is 0.971 bits per heavy atom. The van der Waals surface area contributed by atoms with Crippen molar-refractivity contribution in [2.24, 2.45) is 0 Å². The highest BCUT2D eigenvalue weighted by Crippen LogP contribution is 2.29. The van der Waals surface area contributed by atoms with Gasteiger partial charge in [-0.1, -0.05) is 48.5 Å². The van der Waals surface area contributed by atoms with E-state index in [1.807, 2.05) is 54.6 Å². The Kier molecular flexibility index (Phi) is 7.19. The van der Waals surface area contributed by atoms with Gasteiger partial charge in [-0.05, 0) is 41.8 Å². The fourth-order valence-corrected chi connectivity index (χ4v) is 4.16. The van der Waals surface area contributed by atoms with E-state index >= 15 is 0 Å². The molecule has 0 bridgehead atoms. The minimum Gasteiger partial charge on any atom is -0.344 e. The van der Waals surface area contributed by atoms with Crippen molar-refractivity contribution in [1.29, 1.82) is 0 Å². The van der Waals surface area contributed by atoms with Crippen LogP contribution in [0.2, 0.25) is 0 Å². The lowest BCUT2D eigenvalue weighted by Crippen LogP contribution is -2.56. The molecule has 3 amide bonds. The van der Waals surface area contributed by atoms with Crippen LogP contribution in [0.5, 0.6) is 0 Å². The molecule has 0 spiro atoms. The fraction of sp³-hybridized carbons (Fsp3) is 0.222. The third kappa shape index (κ3) is 5.90. The molecule has 35 heavy (non-hydrogen) atoms. The van der Waals surface area contributed by atoms with Gasteiger partial charge in [0.2, 0.25) is 17.7 Å². The summed E-state index contributed by atoms with van der Waals surface area (Å²) in [5.41, 5.74) is 2.84. The molecule has 6 nitrogen and oxygen atoms in total. The molecule has 0 radical (unpaired) electrons. The molecule has 0 fully saturated rings. The summed E-state index contributed by atoms with van der Waals surface area (Å²) in [4.78, 5) is 40.1. The van der Waals surface area contributed by atoms with Gasteiger partial charge in [-0.2, -0.15) is 0 Å². The summed E-state index contributed by atoms with van der Waals surface area (Å²) in [7, 11) is 0. The molecular weight excluding hydrogens is 452 g/mol. The topological polar surface area (TPSA) is 78.5 Å². The molecule has 3 aromatic carbocycles. The number of carbonyl (C=O) groups is 3. The van der Waals surface area contributed by atoms with Gasteiger partial charge >= 0.3 is 0 Å². The standard InChI is InChI=1S/C27H25F2N3O3/c1-17(30-25(33)13-19-11-21(28)15-22(29)12-19)26(34)31-23-14-20-9-5-6-10-24(20)32(27(23)35)16-18-7-3-2-4-8-18/h2-12,15,17,23H,13-14,16H2,1H3,(H,30,33)(H,31,34)/t17-,23?/m0/s1. The van der Waals surface area contributed by atoms with E-state index in [0.29, 0.717) is 13.0 Å². The first-order valence-electron chi connectivity index (χ1n) is 11.3. The van der Waals surface area contributed by atoms with Crippen molar-refractivity contribution in [2.75, 3.05) is 4.90 Å². The zero-order valence-corrected chi connectivity index (χ0v) is 19.1. The quantitative estimate of drug-likeness (QED) is 0.548. The van der Waals surface area contributed by atoms with Crippen molar-refractivity contribution in [2.45, 2.75) is 38.4 Å². The number of hydrogen-bond donors (Lipinski definition) is 2. The number of halogens is 2. The smallest absolute Gasteiger partial charge is 0.250 e. The lowest BCUT2D eigenvalue weighted by molar-refractivity contribution is -0.131. The van der Waals surface area contributed by atoms with E-state index in [9.17, 15) is 23.2 Å². The second kappa shape index (κ2) is 10.5. The number of fused-ring (bicyclic) bond motifs is 1. The zero-order chi connectivity index (χ0) is 24.9. The predicted octanol–water partition coefficient (Wildman–Crippen LogP) is 3.29. The summed E-state index contributed by atoms with van der Waals surface area (Å²) in [5.74, 6) is -2.90. The van der Waals surface area contributed by atoms with Crippen molar-refractivity contribution in [3.63, 3.8) is 0 Å². The van der Waals surface area contributed by atoms with E-state index in [1.165, 1.54) is 6.92 Å². The third-order valence-electron chi connectivity index (χ3n) is 5.83. The number of hydrogen-bond acceptors (Lipinski definition) is 3.